The van der Waals surface area contributed by atoms with Gasteiger partial charge in [0.1, 0.15) is 0 Å². The van der Waals surface area contributed by atoms with Crippen LogP contribution in [0.3, 0.4) is 0 Å². The number of carbonyl (C=O) groups excluding carboxylic acids is 1. The number of nitrogens with zero attached hydrogens (tertiary/aromatic N) is 1. The van der Waals surface area contributed by atoms with Crippen LogP contribution in [0.1, 0.15) is 34.1 Å². The molecule has 0 saturated carbocycles. The van der Waals surface area contributed by atoms with Crippen LogP contribution in [0.2, 0.25) is 0 Å². The monoisotopic (exact) mass is 184 g/mol. The Kier molecular flexibility index (Phi) is 3.17. The Morgan fingerprint density at radius 3 is 2.54 bits per heavy atom. The first kappa shape index (κ1) is 10.4. The molecular formula is C10H20N2O. The van der Waals surface area contributed by atoms with Crippen molar-refractivity contribution in [3.05, 3.63) is 0 Å². The lowest BCUT2D eigenvalue weighted by Gasteiger charge is -2.27. The maximum Gasteiger partial charge on any atom is 0.318 e. The number of amides is 2. The molecule has 3 nitrogen and oxygen atoms in total. The Hall–Kier alpha value is -0.730. The van der Waals surface area contributed by atoms with E-state index in [1.807, 2.05) is 4.90 Å². The molecule has 1 aliphatic rings. The first-order chi connectivity index (χ1) is 6.02. The molecule has 0 radical (unpaired) electrons. The van der Waals surface area contributed by atoms with Crippen LogP contribution in [-0.4, -0.2) is 29.6 Å². The SMILES string of the molecule is CC(C)CC1CNC(=O)N1C(C)C. The number of carbonyl (C=O) groups is 1. The highest BCUT2D eigenvalue weighted by Gasteiger charge is 2.32. The van der Waals surface area contributed by atoms with Gasteiger partial charge in [-0.3, -0.25) is 0 Å². The van der Waals surface area contributed by atoms with Crippen molar-refractivity contribution in [2.24, 2.45) is 5.92 Å². The second-order valence-corrected chi connectivity index (χ2v) is 4.47. The van der Waals surface area contributed by atoms with E-state index in [1.54, 1.807) is 0 Å². The van der Waals surface area contributed by atoms with E-state index in [-0.39, 0.29) is 6.03 Å². The summed E-state index contributed by atoms with van der Waals surface area (Å²) in [6, 6.07) is 0.805. The zero-order valence-electron chi connectivity index (χ0n) is 9.00. The molecule has 0 spiro atoms. The van der Waals surface area contributed by atoms with E-state index in [1.165, 1.54) is 0 Å². The lowest BCUT2D eigenvalue weighted by atomic mass is 10.0. The summed E-state index contributed by atoms with van der Waals surface area (Å²) in [6.07, 6.45) is 1.09. The lowest BCUT2D eigenvalue weighted by Crippen LogP contribution is -2.40. The predicted molar refractivity (Wildman–Crippen MR) is 53.6 cm³/mol. The minimum atomic E-state index is 0.0978. The standard InChI is InChI=1S/C10H20N2O/c1-7(2)5-9-6-11-10(13)12(9)8(3)4/h7-9H,5-6H2,1-4H3,(H,11,13). The topological polar surface area (TPSA) is 32.3 Å². The summed E-state index contributed by atoms with van der Waals surface area (Å²) in [5, 5.41) is 2.89. The number of hydrogen-bond acceptors (Lipinski definition) is 1. The summed E-state index contributed by atoms with van der Waals surface area (Å²) in [6.45, 7) is 9.34. The fourth-order valence-corrected chi connectivity index (χ4v) is 1.96. The number of urea groups is 1. The fourth-order valence-electron chi connectivity index (χ4n) is 1.96. The molecule has 1 fully saturated rings. The van der Waals surface area contributed by atoms with E-state index in [2.05, 4.69) is 33.0 Å². The van der Waals surface area contributed by atoms with Crippen LogP contribution in [0.4, 0.5) is 4.79 Å². The third-order valence-electron chi connectivity index (χ3n) is 2.42. The molecule has 2 amide bonds. The summed E-state index contributed by atoms with van der Waals surface area (Å²) in [7, 11) is 0. The van der Waals surface area contributed by atoms with Gasteiger partial charge in [-0.15, -0.1) is 0 Å². The van der Waals surface area contributed by atoms with Crippen LogP contribution in [0, 0.1) is 5.92 Å². The molecule has 1 saturated heterocycles. The van der Waals surface area contributed by atoms with Crippen LogP contribution < -0.4 is 5.32 Å². The summed E-state index contributed by atoms with van der Waals surface area (Å²) in [5.74, 6) is 0.652. The van der Waals surface area contributed by atoms with Crippen molar-refractivity contribution in [2.75, 3.05) is 6.54 Å². The highest BCUT2D eigenvalue weighted by Crippen LogP contribution is 2.18. The molecule has 1 heterocycles. The molecule has 0 aromatic carbocycles. The van der Waals surface area contributed by atoms with Gasteiger partial charge >= 0.3 is 6.03 Å². The maximum absolute atomic E-state index is 11.4. The fraction of sp³-hybridized carbons (Fsp3) is 0.900. The Morgan fingerprint density at radius 2 is 2.08 bits per heavy atom. The van der Waals surface area contributed by atoms with Crippen molar-refractivity contribution in [2.45, 2.75) is 46.2 Å². The van der Waals surface area contributed by atoms with Crippen LogP contribution in [-0.2, 0) is 0 Å². The highest BCUT2D eigenvalue weighted by molar-refractivity contribution is 5.77. The normalized spacial score (nSPS) is 23.1. The smallest absolute Gasteiger partial charge is 0.318 e. The minimum absolute atomic E-state index is 0.0978. The molecule has 1 atom stereocenters. The van der Waals surface area contributed by atoms with Gasteiger partial charge in [-0.25, -0.2) is 4.79 Å². The molecule has 76 valence electrons. The first-order valence-corrected chi connectivity index (χ1v) is 5.08. The van der Waals surface area contributed by atoms with Crippen LogP contribution in [0.15, 0.2) is 0 Å². The molecule has 1 unspecified atom stereocenters. The Labute approximate surface area is 80.5 Å². The van der Waals surface area contributed by atoms with E-state index in [4.69, 9.17) is 0 Å². The van der Waals surface area contributed by atoms with Crippen LogP contribution >= 0.6 is 0 Å². The molecule has 0 bridgehead atoms. The average molecular weight is 184 g/mol. The third kappa shape index (κ3) is 2.36. The summed E-state index contributed by atoms with van der Waals surface area (Å²) in [5.41, 5.74) is 0. The Bertz CT molecular complexity index is 189. The van der Waals surface area contributed by atoms with Crippen molar-refractivity contribution < 1.29 is 4.79 Å². The maximum atomic E-state index is 11.4. The molecule has 0 aromatic heterocycles. The van der Waals surface area contributed by atoms with Gasteiger partial charge in [-0.05, 0) is 26.2 Å². The summed E-state index contributed by atoms with van der Waals surface area (Å²) >= 11 is 0. The summed E-state index contributed by atoms with van der Waals surface area (Å²) < 4.78 is 0. The average Bonchev–Trinajstić information content (AvgIpc) is 2.30. The van der Waals surface area contributed by atoms with Gasteiger partial charge in [0.05, 0.1) is 6.04 Å². The number of hydrogen-bond donors (Lipinski definition) is 1. The molecular weight excluding hydrogens is 164 g/mol. The van der Waals surface area contributed by atoms with Crippen molar-refractivity contribution in [1.29, 1.82) is 0 Å². The Morgan fingerprint density at radius 1 is 1.46 bits per heavy atom. The lowest BCUT2D eigenvalue weighted by molar-refractivity contribution is 0.178. The van der Waals surface area contributed by atoms with E-state index in [0.717, 1.165) is 13.0 Å². The molecule has 0 aromatic rings. The largest absolute Gasteiger partial charge is 0.336 e. The van der Waals surface area contributed by atoms with E-state index in [0.29, 0.717) is 18.0 Å². The highest BCUT2D eigenvalue weighted by atomic mass is 16.2. The van der Waals surface area contributed by atoms with Gasteiger partial charge in [-0.1, -0.05) is 13.8 Å². The van der Waals surface area contributed by atoms with Gasteiger partial charge in [0.15, 0.2) is 0 Å². The summed E-state index contributed by atoms with van der Waals surface area (Å²) in [4.78, 5) is 13.4. The zero-order chi connectivity index (χ0) is 10.0. The van der Waals surface area contributed by atoms with Crippen LogP contribution in [0.5, 0.6) is 0 Å². The molecule has 3 heteroatoms. The molecule has 13 heavy (non-hydrogen) atoms. The van der Waals surface area contributed by atoms with E-state index in [9.17, 15) is 4.79 Å². The zero-order valence-corrected chi connectivity index (χ0v) is 9.00. The van der Waals surface area contributed by atoms with Crippen molar-refractivity contribution in [3.8, 4) is 0 Å². The van der Waals surface area contributed by atoms with Crippen molar-refractivity contribution in [3.63, 3.8) is 0 Å². The van der Waals surface area contributed by atoms with E-state index >= 15 is 0 Å². The van der Waals surface area contributed by atoms with Gasteiger partial charge in [-0.2, -0.15) is 0 Å². The quantitative estimate of drug-likeness (QED) is 0.713. The van der Waals surface area contributed by atoms with Gasteiger partial charge < -0.3 is 10.2 Å². The second-order valence-electron chi connectivity index (χ2n) is 4.47. The predicted octanol–water partition coefficient (Wildman–Crippen LogP) is 1.83. The van der Waals surface area contributed by atoms with Crippen LogP contribution in [0.25, 0.3) is 0 Å². The Balaban J connectivity index is 2.59. The minimum Gasteiger partial charge on any atom is -0.336 e. The first-order valence-electron chi connectivity index (χ1n) is 5.08. The second kappa shape index (κ2) is 3.99. The molecule has 0 aliphatic carbocycles. The number of nitrogens with one attached hydrogen (secondary N) is 1. The third-order valence-corrected chi connectivity index (χ3v) is 2.42. The van der Waals surface area contributed by atoms with Gasteiger partial charge in [0.2, 0.25) is 0 Å². The van der Waals surface area contributed by atoms with Gasteiger partial charge in [0, 0.05) is 12.6 Å². The molecule has 1 aliphatic heterocycles. The molecule has 1 N–H and O–H groups in total. The molecule has 1 rings (SSSR count). The van der Waals surface area contributed by atoms with Gasteiger partial charge in [0.25, 0.3) is 0 Å². The van der Waals surface area contributed by atoms with Crippen molar-refractivity contribution in [1.82, 2.24) is 10.2 Å². The van der Waals surface area contributed by atoms with Crippen molar-refractivity contribution >= 4 is 6.03 Å². The van der Waals surface area contributed by atoms with E-state index < -0.39 is 0 Å². The number of rotatable bonds is 3.